The van der Waals surface area contributed by atoms with Gasteiger partial charge in [-0.25, -0.2) is 8.42 Å². The Bertz CT molecular complexity index is 721. The van der Waals surface area contributed by atoms with Crippen molar-refractivity contribution in [2.45, 2.75) is 70.2 Å². The van der Waals surface area contributed by atoms with E-state index in [-0.39, 0.29) is 18.4 Å². The Morgan fingerprint density at radius 1 is 1.04 bits per heavy atom. The van der Waals surface area contributed by atoms with E-state index in [0.29, 0.717) is 10.8 Å². The smallest absolute Gasteiger partial charge is 0.323 e. The predicted molar refractivity (Wildman–Crippen MR) is 94.0 cm³/mol. The van der Waals surface area contributed by atoms with Gasteiger partial charge in [-0.3, -0.25) is 4.79 Å². The third kappa shape index (κ3) is 3.35. The van der Waals surface area contributed by atoms with Gasteiger partial charge in [-0.2, -0.15) is 4.31 Å². The van der Waals surface area contributed by atoms with Gasteiger partial charge in [0.25, 0.3) is 0 Å². The fourth-order valence-corrected chi connectivity index (χ4v) is 5.08. The van der Waals surface area contributed by atoms with Crippen LogP contribution in [0.4, 0.5) is 0 Å². The molecule has 2 rings (SSSR count). The van der Waals surface area contributed by atoms with Gasteiger partial charge in [-0.05, 0) is 34.4 Å². The van der Waals surface area contributed by atoms with Gasteiger partial charge < -0.3 is 5.11 Å². The summed E-state index contributed by atoms with van der Waals surface area (Å²) in [4.78, 5) is 11.4. The van der Waals surface area contributed by atoms with E-state index in [2.05, 4.69) is 13.8 Å². The summed E-state index contributed by atoms with van der Waals surface area (Å²) in [6, 6.07) is 3.00. The SMILES string of the molecule is CC(C)c1cc(C(C)C)c(S(=O)(=O)N2CC2C(=O)O)c(C(C)C)c1. The average Bonchev–Trinajstić information content (AvgIpc) is 3.26. The minimum Gasteiger partial charge on any atom is -0.480 e. The Balaban J connectivity index is 2.70. The number of benzene rings is 1. The molecule has 1 fully saturated rings. The van der Waals surface area contributed by atoms with Crippen molar-refractivity contribution in [1.82, 2.24) is 4.31 Å². The topological polar surface area (TPSA) is 74.5 Å². The van der Waals surface area contributed by atoms with Crippen LogP contribution >= 0.6 is 0 Å². The minimum absolute atomic E-state index is 0.0363. The maximum Gasteiger partial charge on any atom is 0.323 e. The molecule has 24 heavy (non-hydrogen) atoms. The maximum atomic E-state index is 13.1. The lowest BCUT2D eigenvalue weighted by atomic mass is 9.89. The van der Waals surface area contributed by atoms with Crippen molar-refractivity contribution in [2.75, 3.05) is 6.54 Å². The third-order valence-electron chi connectivity index (χ3n) is 4.50. The molecule has 0 bridgehead atoms. The predicted octanol–water partition coefficient (Wildman–Crippen LogP) is 3.51. The van der Waals surface area contributed by atoms with E-state index < -0.39 is 22.0 Å². The molecular weight excluding hydrogens is 326 g/mol. The minimum atomic E-state index is -3.80. The van der Waals surface area contributed by atoms with E-state index in [1.54, 1.807) is 0 Å². The Morgan fingerprint density at radius 3 is 1.79 bits per heavy atom. The molecule has 1 heterocycles. The lowest BCUT2D eigenvalue weighted by Crippen LogP contribution is -2.22. The quantitative estimate of drug-likeness (QED) is 0.794. The second kappa shape index (κ2) is 6.48. The van der Waals surface area contributed by atoms with Gasteiger partial charge >= 0.3 is 5.97 Å². The fourth-order valence-electron chi connectivity index (χ4n) is 2.89. The van der Waals surface area contributed by atoms with Crippen molar-refractivity contribution in [3.05, 3.63) is 28.8 Å². The average molecular weight is 353 g/mol. The summed E-state index contributed by atoms with van der Waals surface area (Å²) in [6.45, 7) is 12.1. The zero-order valence-corrected chi connectivity index (χ0v) is 16.0. The van der Waals surface area contributed by atoms with E-state index in [1.165, 1.54) is 0 Å². The van der Waals surface area contributed by atoms with Crippen molar-refractivity contribution >= 4 is 16.0 Å². The van der Waals surface area contributed by atoms with Crippen molar-refractivity contribution in [2.24, 2.45) is 0 Å². The number of hydrogen-bond acceptors (Lipinski definition) is 3. The molecule has 1 aromatic rings. The van der Waals surface area contributed by atoms with Crippen molar-refractivity contribution in [1.29, 1.82) is 0 Å². The Hall–Kier alpha value is -1.40. The number of carboxylic acid groups (broad SMARTS) is 1. The van der Waals surface area contributed by atoms with Crippen LogP contribution in [0.2, 0.25) is 0 Å². The Labute approximate surface area is 144 Å². The van der Waals surface area contributed by atoms with Crippen LogP contribution in [-0.4, -0.2) is 36.4 Å². The number of aliphatic carboxylic acids is 1. The highest BCUT2D eigenvalue weighted by Gasteiger charge is 2.51. The highest BCUT2D eigenvalue weighted by atomic mass is 32.2. The molecule has 2 unspecified atom stereocenters. The fraction of sp³-hybridized carbons (Fsp3) is 0.611. The summed E-state index contributed by atoms with van der Waals surface area (Å²) in [5, 5.41) is 9.10. The highest BCUT2D eigenvalue weighted by Crippen LogP contribution is 2.39. The number of hydrogen-bond donors (Lipinski definition) is 1. The van der Waals surface area contributed by atoms with Crippen molar-refractivity contribution in [3.8, 4) is 0 Å². The molecule has 1 aliphatic heterocycles. The summed E-state index contributed by atoms with van der Waals surface area (Å²) < 4.78 is 27.3. The van der Waals surface area contributed by atoms with Gasteiger partial charge in [0, 0.05) is 6.54 Å². The number of carbonyl (C=O) groups is 1. The van der Waals surface area contributed by atoms with Gasteiger partial charge in [0.2, 0.25) is 10.0 Å². The van der Waals surface area contributed by atoms with Crippen LogP contribution in [0.1, 0.15) is 76.0 Å². The Morgan fingerprint density at radius 2 is 1.50 bits per heavy atom. The molecule has 1 saturated heterocycles. The first-order valence-electron chi connectivity index (χ1n) is 8.40. The molecule has 5 nitrogen and oxygen atoms in total. The zero-order valence-electron chi connectivity index (χ0n) is 15.2. The van der Waals surface area contributed by atoms with E-state index in [0.717, 1.165) is 21.0 Å². The first-order valence-corrected chi connectivity index (χ1v) is 9.84. The summed E-state index contributed by atoms with van der Waals surface area (Å²) in [5.74, 6) is -0.720. The van der Waals surface area contributed by atoms with Crippen LogP contribution in [0.25, 0.3) is 0 Å². The lowest BCUT2D eigenvalue weighted by Gasteiger charge is -2.23. The summed E-state index contributed by atoms with van der Waals surface area (Å²) in [5.41, 5.74) is 2.67. The second-order valence-corrected chi connectivity index (χ2v) is 9.25. The summed E-state index contributed by atoms with van der Waals surface area (Å²) in [6.07, 6.45) is 0. The van der Waals surface area contributed by atoms with Gasteiger partial charge in [-0.15, -0.1) is 0 Å². The largest absolute Gasteiger partial charge is 0.480 e. The molecule has 134 valence electrons. The number of carboxylic acids is 1. The standard InChI is InChI=1S/C18H27NO4S/c1-10(2)13-7-14(11(3)4)17(15(8-13)12(5)6)24(22,23)19-9-16(19)18(20)21/h7-8,10-12,16H,9H2,1-6H3,(H,20,21). The molecule has 0 amide bonds. The van der Waals surface area contributed by atoms with Gasteiger partial charge in [0.15, 0.2) is 0 Å². The van der Waals surface area contributed by atoms with E-state index in [4.69, 9.17) is 5.11 Å². The van der Waals surface area contributed by atoms with Crippen LogP contribution in [0.5, 0.6) is 0 Å². The van der Waals surface area contributed by atoms with Crippen LogP contribution in [-0.2, 0) is 14.8 Å². The maximum absolute atomic E-state index is 13.1. The van der Waals surface area contributed by atoms with Crippen molar-refractivity contribution in [3.63, 3.8) is 0 Å². The molecule has 0 aromatic heterocycles. The molecule has 0 saturated carbocycles. The van der Waals surface area contributed by atoms with Gasteiger partial charge in [0.1, 0.15) is 6.04 Å². The number of rotatable bonds is 6. The molecule has 6 heteroatoms. The van der Waals surface area contributed by atoms with Crippen LogP contribution in [0.15, 0.2) is 17.0 Å². The van der Waals surface area contributed by atoms with Crippen LogP contribution in [0, 0.1) is 0 Å². The second-order valence-electron chi connectivity index (χ2n) is 7.42. The van der Waals surface area contributed by atoms with E-state index >= 15 is 0 Å². The van der Waals surface area contributed by atoms with Crippen molar-refractivity contribution < 1.29 is 18.3 Å². The summed E-state index contributed by atoms with van der Waals surface area (Å²) in [7, 11) is -3.80. The Kier molecular flexibility index (Phi) is 5.11. The molecule has 2 atom stereocenters. The monoisotopic (exact) mass is 353 g/mol. The number of sulfonamides is 1. The van der Waals surface area contributed by atoms with E-state index in [1.807, 2.05) is 39.8 Å². The van der Waals surface area contributed by atoms with Gasteiger partial charge in [-0.1, -0.05) is 53.7 Å². The first-order chi connectivity index (χ1) is 11.0. The normalized spacial score (nSPS) is 20.9. The molecule has 0 spiro atoms. The molecule has 0 aliphatic carbocycles. The molecule has 1 N–H and O–H groups in total. The lowest BCUT2D eigenvalue weighted by molar-refractivity contribution is -0.136. The number of nitrogens with zero attached hydrogens (tertiary/aromatic N) is 1. The highest BCUT2D eigenvalue weighted by molar-refractivity contribution is 7.89. The van der Waals surface area contributed by atoms with Crippen LogP contribution in [0.3, 0.4) is 0 Å². The first kappa shape index (κ1) is 18.9. The molecule has 0 radical (unpaired) electrons. The molecule has 1 aromatic carbocycles. The zero-order chi connectivity index (χ0) is 18.4. The third-order valence-corrected chi connectivity index (χ3v) is 6.51. The van der Waals surface area contributed by atoms with Crippen LogP contribution < -0.4 is 0 Å². The summed E-state index contributed by atoms with van der Waals surface area (Å²) >= 11 is 0. The van der Waals surface area contributed by atoms with E-state index in [9.17, 15) is 13.2 Å². The van der Waals surface area contributed by atoms with Gasteiger partial charge in [0.05, 0.1) is 4.90 Å². The molecule has 1 aliphatic rings. The molecular formula is C18H27NO4S.